The molecular weight excluding hydrogens is 124 g/mol. The van der Waals surface area contributed by atoms with Crippen LogP contribution < -0.4 is 6.15 Å². The highest BCUT2D eigenvalue weighted by Gasteiger charge is 1.86. The summed E-state index contributed by atoms with van der Waals surface area (Å²) in [7, 11) is 0. The molecule has 1 aromatic rings. The number of hydrogen-bond donors (Lipinski definition) is 1. The zero-order valence-electron chi connectivity index (χ0n) is 5.96. The van der Waals surface area contributed by atoms with Crippen molar-refractivity contribution in [3.8, 4) is 6.07 Å². The molecule has 0 aliphatic rings. The van der Waals surface area contributed by atoms with Crippen LogP contribution in [0.3, 0.4) is 0 Å². The Morgan fingerprint density at radius 1 is 1.40 bits per heavy atom. The van der Waals surface area contributed by atoms with Crippen molar-refractivity contribution in [3.63, 3.8) is 0 Å². The number of nitriles is 1. The fourth-order valence-corrected chi connectivity index (χ4v) is 0.715. The minimum atomic E-state index is 0. The molecule has 0 spiro atoms. The normalized spacial score (nSPS) is 7.60. The van der Waals surface area contributed by atoms with Gasteiger partial charge in [-0.3, -0.25) is 0 Å². The lowest BCUT2D eigenvalue weighted by molar-refractivity contribution is 1.42. The first-order valence-corrected chi connectivity index (χ1v) is 2.79. The van der Waals surface area contributed by atoms with E-state index in [0.29, 0.717) is 0 Å². The van der Waals surface area contributed by atoms with E-state index < -0.39 is 0 Å². The van der Waals surface area contributed by atoms with E-state index in [-0.39, 0.29) is 6.15 Å². The fourth-order valence-electron chi connectivity index (χ4n) is 0.715. The van der Waals surface area contributed by atoms with Gasteiger partial charge in [-0.1, -0.05) is 12.1 Å². The van der Waals surface area contributed by atoms with Gasteiger partial charge in [0.1, 0.15) is 0 Å². The molecule has 0 aliphatic carbocycles. The molecule has 1 aromatic carbocycles. The summed E-state index contributed by atoms with van der Waals surface area (Å²) in [6.07, 6.45) is 0. The summed E-state index contributed by atoms with van der Waals surface area (Å²) in [5, 5.41) is 8.41. The second-order valence-corrected chi connectivity index (χ2v) is 1.98. The predicted octanol–water partition coefficient (Wildman–Crippen LogP) is 2.03. The average Bonchev–Trinajstić information content (AvgIpc) is 1.88. The van der Waals surface area contributed by atoms with Crippen LogP contribution in [-0.2, 0) is 0 Å². The number of rotatable bonds is 0. The molecule has 0 heterocycles. The molecule has 52 valence electrons. The second kappa shape index (κ2) is 3.65. The molecule has 3 N–H and O–H groups in total. The van der Waals surface area contributed by atoms with Crippen LogP contribution in [-0.4, -0.2) is 0 Å². The smallest absolute Gasteiger partial charge is 0.0991 e. The molecule has 0 atom stereocenters. The molecule has 10 heavy (non-hydrogen) atoms. The van der Waals surface area contributed by atoms with Gasteiger partial charge >= 0.3 is 0 Å². The van der Waals surface area contributed by atoms with E-state index >= 15 is 0 Å². The highest BCUT2D eigenvalue weighted by Crippen LogP contribution is 2.00. The Labute approximate surface area is 60.7 Å². The van der Waals surface area contributed by atoms with Crippen LogP contribution in [0.5, 0.6) is 0 Å². The highest BCUT2D eigenvalue weighted by molar-refractivity contribution is 5.31. The fraction of sp³-hybridized carbons (Fsp3) is 0.125. The quantitative estimate of drug-likeness (QED) is 0.590. The van der Waals surface area contributed by atoms with E-state index in [4.69, 9.17) is 5.26 Å². The number of nitrogens with zero attached hydrogens (tertiary/aromatic N) is 1. The summed E-state index contributed by atoms with van der Waals surface area (Å²) in [4.78, 5) is 0. The minimum absolute atomic E-state index is 0. The van der Waals surface area contributed by atoms with E-state index in [1.165, 1.54) is 0 Å². The van der Waals surface area contributed by atoms with Gasteiger partial charge in [0.2, 0.25) is 0 Å². The topological polar surface area (TPSA) is 58.8 Å². The lowest BCUT2D eigenvalue weighted by atomic mass is 10.2. The monoisotopic (exact) mass is 134 g/mol. The molecule has 2 nitrogen and oxygen atoms in total. The molecule has 0 saturated heterocycles. The summed E-state index contributed by atoms with van der Waals surface area (Å²) in [6.45, 7) is 1.97. The van der Waals surface area contributed by atoms with Crippen LogP contribution in [0.2, 0.25) is 0 Å². The third kappa shape index (κ3) is 1.88. The Morgan fingerprint density at radius 2 is 2.10 bits per heavy atom. The Kier molecular flexibility index (Phi) is 3.16. The van der Waals surface area contributed by atoms with Crippen molar-refractivity contribution >= 4 is 0 Å². The lowest BCUT2D eigenvalue weighted by Crippen LogP contribution is -1.73. The van der Waals surface area contributed by atoms with Crippen LogP contribution in [0, 0.1) is 18.3 Å². The summed E-state index contributed by atoms with van der Waals surface area (Å²) in [5.74, 6) is 0. The zero-order chi connectivity index (χ0) is 6.69. The highest BCUT2D eigenvalue weighted by atomic mass is 14.2. The van der Waals surface area contributed by atoms with Crippen molar-refractivity contribution in [1.29, 1.82) is 5.26 Å². The van der Waals surface area contributed by atoms with Crippen LogP contribution in [0.1, 0.15) is 11.1 Å². The molecule has 0 bridgehead atoms. The summed E-state index contributed by atoms with van der Waals surface area (Å²) < 4.78 is 0. The van der Waals surface area contributed by atoms with Gasteiger partial charge in [0.15, 0.2) is 0 Å². The molecule has 1 rings (SSSR count). The van der Waals surface area contributed by atoms with Gasteiger partial charge in [-0.2, -0.15) is 5.26 Å². The third-order valence-electron chi connectivity index (χ3n) is 1.15. The Morgan fingerprint density at radius 3 is 2.50 bits per heavy atom. The van der Waals surface area contributed by atoms with Crippen LogP contribution >= 0.6 is 0 Å². The molecule has 0 aromatic heterocycles. The van der Waals surface area contributed by atoms with E-state index in [9.17, 15) is 0 Å². The van der Waals surface area contributed by atoms with Gasteiger partial charge in [0.25, 0.3) is 0 Å². The van der Waals surface area contributed by atoms with Crippen LogP contribution in [0.15, 0.2) is 24.3 Å². The maximum atomic E-state index is 8.41. The van der Waals surface area contributed by atoms with E-state index in [1.54, 1.807) is 6.07 Å². The molecule has 2 heteroatoms. The largest absolute Gasteiger partial charge is 0.344 e. The van der Waals surface area contributed by atoms with Crippen molar-refractivity contribution in [1.82, 2.24) is 6.15 Å². The molecule has 0 aliphatic heterocycles. The van der Waals surface area contributed by atoms with Gasteiger partial charge in [-0.25, -0.2) is 0 Å². The maximum Gasteiger partial charge on any atom is 0.0991 e. The first-order chi connectivity index (χ1) is 4.33. The number of benzene rings is 1. The molecule has 0 unspecified atom stereocenters. The Bertz CT molecular complexity index is 248. The first kappa shape index (κ1) is 8.67. The molecule has 0 saturated carbocycles. The summed E-state index contributed by atoms with van der Waals surface area (Å²) >= 11 is 0. The second-order valence-electron chi connectivity index (χ2n) is 1.98. The Hall–Kier alpha value is -1.33. The van der Waals surface area contributed by atoms with Crippen LogP contribution in [0.4, 0.5) is 0 Å². The average molecular weight is 134 g/mol. The van der Waals surface area contributed by atoms with Gasteiger partial charge < -0.3 is 6.15 Å². The standard InChI is InChI=1S/C8H7N.H3N/c1-7-3-2-4-8(5-7)6-9;/h2-5H,1H3;1H3. The van der Waals surface area contributed by atoms with E-state index in [2.05, 4.69) is 6.07 Å². The predicted molar refractivity (Wildman–Crippen MR) is 40.9 cm³/mol. The molecule has 0 fully saturated rings. The Balaban J connectivity index is 0.000000810. The van der Waals surface area contributed by atoms with Gasteiger partial charge in [-0.15, -0.1) is 0 Å². The van der Waals surface area contributed by atoms with Crippen molar-refractivity contribution in [2.75, 3.05) is 0 Å². The SMILES string of the molecule is Cc1cccc(C#N)c1.N. The maximum absolute atomic E-state index is 8.41. The van der Waals surface area contributed by atoms with Crippen molar-refractivity contribution in [2.24, 2.45) is 0 Å². The molecular formula is C8H10N2. The molecule has 0 radical (unpaired) electrons. The van der Waals surface area contributed by atoms with Crippen LogP contribution in [0.25, 0.3) is 0 Å². The zero-order valence-corrected chi connectivity index (χ0v) is 5.96. The number of hydrogen-bond acceptors (Lipinski definition) is 2. The van der Waals surface area contributed by atoms with Crippen molar-refractivity contribution in [2.45, 2.75) is 6.92 Å². The van der Waals surface area contributed by atoms with E-state index in [0.717, 1.165) is 11.1 Å². The lowest BCUT2D eigenvalue weighted by Gasteiger charge is -1.88. The summed E-state index contributed by atoms with van der Waals surface area (Å²) in [5.41, 5.74) is 1.86. The first-order valence-electron chi connectivity index (χ1n) is 2.79. The van der Waals surface area contributed by atoms with Gasteiger partial charge in [0.05, 0.1) is 11.6 Å². The van der Waals surface area contributed by atoms with Crippen molar-refractivity contribution < 1.29 is 0 Å². The van der Waals surface area contributed by atoms with Crippen molar-refractivity contribution in [3.05, 3.63) is 35.4 Å². The van der Waals surface area contributed by atoms with E-state index in [1.807, 2.05) is 25.1 Å². The number of aryl methyl sites for hydroxylation is 1. The minimum Gasteiger partial charge on any atom is -0.344 e. The van der Waals surface area contributed by atoms with Gasteiger partial charge in [0, 0.05) is 0 Å². The van der Waals surface area contributed by atoms with Gasteiger partial charge in [-0.05, 0) is 24.6 Å². The summed E-state index contributed by atoms with van der Waals surface area (Å²) in [6, 6.07) is 9.58. The molecule has 0 amide bonds. The third-order valence-corrected chi connectivity index (χ3v) is 1.15.